The van der Waals surface area contributed by atoms with E-state index in [0.717, 1.165) is 29.8 Å². The number of ether oxygens (including phenoxy) is 2. The number of anilines is 1. The van der Waals surface area contributed by atoms with Crippen molar-refractivity contribution in [3.05, 3.63) is 77.9 Å². The second-order valence-corrected chi connectivity index (χ2v) is 10.5. The maximum absolute atomic E-state index is 12.3. The maximum Gasteiger partial charge on any atom is 0.303 e. The van der Waals surface area contributed by atoms with Crippen molar-refractivity contribution in [2.75, 3.05) is 18.4 Å². The van der Waals surface area contributed by atoms with Gasteiger partial charge in [0.05, 0.1) is 18.8 Å². The van der Waals surface area contributed by atoms with E-state index in [1.165, 1.54) is 25.7 Å². The fraction of sp³-hybridized carbons (Fsp3) is 0.484. The van der Waals surface area contributed by atoms with E-state index in [2.05, 4.69) is 16.8 Å². The number of rotatable bonds is 13. The molecule has 39 heavy (non-hydrogen) atoms. The third kappa shape index (κ3) is 8.47. The molecule has 0 radical (unpaired) electrons. The lowest BCUT2D eigenvalue weighted by Crippen LogP contribution is -2.43. The van der Waals surface area contributed by atoms with Crippen LogP contribution < -0.4 is 5.32 Å². The van der Waals surface area contributed by atoms with Crippen LogP contribution in [-0.4, -0.2) is 52.2 Å². The molecule has 1 heterocycles. The van der Waals surface area contributed by atoms with Crippen molar-refractivity contribution in [1.82, 2.24) is 4.90 Å². The van der Waals surface area contributed by atoms with Gasteiger partial charge in [-0.1, -0.05) is 55.3 Å². The zero-order chi connectivity index (χ0) is 27.6. The van der Waals surface area contributed by atoms with E-state index in [4.69, 9.17) is 14.6 Å². The van der Waals surface area contributed by atoms with Gasteiger partial charge in [-0.25, -0.2) is 0 Å². The molecule has 4 rings (SSSR count). The van der Waals surface area contributed by atoms with Gasteiger partial charge in [-0.3, -0.25) is 14.5 Å². The van der Waals surface area contributed by atoms with Crippen LogP contribution in [0.2, 0.25) is 0 Å². The third-order valence-corrected chi connectivity index (χ3v) is 7.49. The Balaban J connectivity index is 1.51. The number of aliphatic carboxylic acids is 1. The first-order valence-corrected chi connectivity index (χ1v) is 13.9. The van der Waals surface area contributed by atoms with E-state index in [1.54, 1.807) is 6.07 Å². The summed E-state index contributed by atoms with van der Waals surface area (Å²) in [6.45, 7) is 5.56. The molecule has 8 heteroatoms. The van der Waals surface area contributed by atoms with Crippen LogP contribution in [-0.2, 0) is 25.7 Å². The molecule has 3 N–H and O–H groups in total. The number of aliphatic hydroxyl groups is 1. The summed E-state index contributed by atoms with van der Waals surface area (Å²) < 4.78 is 13.0. The number of hydrogen-bond acceptors (Lipinski definition) is 6. The molecule has 2 aromatic carbocycles. The van der Waals surface area contributed by atoms with Crippen LogP contribution >= 0.6 is 0 Å². The molecule has 0 aromatic heterocycles. The number of carbonyl (C=O) groups is 2. The van der Waals surface area contributed by atoms with Gasteiger partial charge in [-0.2, -0.15) is 0 Å². The first kappa shape index (κ1) is 29.0. The van der Waals surface area contributed by atoms with Crippen molar-refractivity contribution >= 4 is 17.6 Å². The molecule has 1 saturated carbocycles. The summed E-state index contributed by atoms with van der Waals surface area (Å²) in [5.74, 6) is -1.14. The smallest absolute Gasteiger partial charge is 0.303 e. The van der Waals surface area contributed by atoms with Crippen LogP contribution in [0.25, 0.3) is 0 Å². The standard InChI is InChI=1S/C31H40N2O6/c1-2-17-33(26-9-3-4-10-26)20-27-19-28(23-15-13-22(21-34)14-16-23)39-31(38-27)24-7-5-8-25(18-24)32-29(35)11-6-12-30(36)37/h2,5,7-8,13-16,18,26-28,31,34H,1,3-4,6,9-12,17,19-21H2,(H,32,35)(H,36,37)/t27-,28+,31+/m0/s1. The molecule has 210 valence electrons. The van der Waals surface area contributed by atoms with Crippen molar-refractivity contribution in [2.24, 2.45) is 0 Å². The molecule has 2 aliphatic rings. The second-order valence-electron chi connectivity index (χ2n) is 10.5. The Kier molecular flexibility index (Phi) is 10.7. The minimum atomic E-state index is -0.911. The Morgan fingerprint density at radius 2 is 1.82 bits per heavy atom. The van der Waals surface area contributed by atoms with Gasteiger partial charge in [0.2, 0.25) is 5.91 Å². The highest BCUT2D eigenvalue weighted by Crippen LogP contribution is 2.39. The van der Waals surface area contributed by atoms with Crippen LogP contribution in [0, 0.1) is 0 Å². The van der Waals surface area contributed by atoms with Crippen molar-refractivity contribution < 1.29 is 29.3 Å². The normalized spacial score (nSPS) is 21.6. The number of carboxylic acids is 1. The lowest BCUT2D eigenvalue weighted by Gasteiger charge is -2.39. The highest BCUT2D eigenvalue weighted by molar-refractivity contribution is 5.90. The van der Waals surface area contributed by atoms with Crippen molar-refractivity contribution in [2.45, 2.75) is 82.5 Å². The van der Waals surface area contributed by atoms with Crippen LogP contribution in [0.15, 0.2) is 61.2 Å². The number of hydrogen-bond donors (Lipinski definition) is 3. The third-order valence-electron chi connectivity index (χ3n) is 7.49. The lowest BCUT2D eigenvalue weighted by molar-refractivity contribution is -0.253. The molecule has 1 aliphatic heterocycles. The van der Waals surface area contributed by atoms with Gasteiger partial charge in [0.25, 0.3) is 0 Å². The Hall–Kier alpha value is -3.04. The van der Waals surface area contributed by atoms with Crippen LogP contribution in [0.3, 0.4) is 0 Å². The average Bonchev–Trinajstić information content (AvgIpc) is 3.48. The largest absolute Gasteiger partial charge is 0.481 e. The minimum absolute atomic E-state index is 0.00706. The van der Waals surface area contributed by atoms with Crippen molar-refractivity contribution in [3.63, 3.8) is 0 Å². The predicted molar refractivity (Wildman–Crippen MR) is 149 cm³/mol. The van der Waals surface area contributed by atoms with E-state index < -0.39 is 12.3 Å². The van der Waals surface area contributed by atoms with Gasteiger partial charge >= 0.3 is 5.97 Å². The minimum Gasteiger partial charge on any atom is -0.481 e. The summed E-state index contributed by atoms with van der Waals surface area (Å²) in [6.07, 6.45) is 7.07. The summed E-state index contributed by atoms with van der Waals surface area (Å²) in [4.78, 5) is 25.6. The van der Waals surface area contributed by atoms with Gasteiger partial charge in [0, 0.05) is 49.6 Å². The molecule has 0 bridgehead atoms. The molecule has 0 unspecified atom stereocenters. The molecule has 1 aliphatic carbocycles. The number of carboxylic acid groups (broad SMARTS) is 1. The molecule has 1 saturated heterocycles. The Labute approximate surface area is 230 Å². The lowest BCUT2D eigenvalue weighted by atomic mass is 9.99. The summed E-state index contributed by atoms with van der Waals surface area (Å²) in [6, 6.07) is 15.8. The quantitative estimate of drug-likeness (QED) is 0.296. The maximum atomic E-state index is 12.3. The zero-order valence-corrected chi connectivity index (χ0v) is 22.5. The molecule has 2 fully saturated rings. The molecule has 3 atom stereocenters. The van der Waals surface area contributed by atoms with E-state index in [1.807, 2.05) is 48.5 Å². The Morgan fingerprint density at radius 3 is 2.51 bits per heavy atom. The highest BCUT2D eigenvalue weighted by atomic mass is 16.7. The topological polar surface area (TPSA) is 108 Å². The monoisotopic (exact) mass is 536 g/mol. The number of nitrogens with one attached hydrogen (secondary N) is 1. The van der Waals surface area contributed by atoms with Gasteiger partial charge in [-0.15, -0.1) is 6.58 Å². The molecule has 8 nitrogen and oxygen atoms in total. The number of nitrogens with zero attached hydrogens (tertiary/aromatic N) is 1. The molecule has 1 amide bonds. The fourth-order valence-corrected chi connectivity index (χ4v) is 5.49. The van der Waals surface area contributed by atoms with Gasteiger partial charge < -0.3 is 25.0 Å². The average molecular weight is 537 g/mol. The van der Waals surface area contributed by atoms with Gasteiger partial charge in [0.1, 0.15) is 0 Å². The van der Waals surface area contributed by atoms with E-state index in [-0.39, 0.29) is 44.0 Å². The Bertz CT molecular complexity index is 1100. The van der Waals surface area contributed by atoms with Gasteiger partial charge in [-0.05, 0) is 42.5 Å². The number of aliphatic hydroxyl groups excluding tert-OH is 1. The fourth-order valence-electron chi connectivity index (χ4n) is 5.49. The predicted octanol–water partition coefficient (Wildman–Crippen LogP) is 5.35. The SMILES string of the molecule is C=CCN(C[C@@H]1C[C@H](c2ccc(CO)cc2)O[C@H](c2cccc(NC(=O)CCCC(=O)O)c2)O1)C1CCCC1. The first-order chi connectivity index (χ1) is 18.9. The molecular weight excluding hydrogens is 496 g/mol. The van der Waals surface area contributed by atoms with Crippen molar-refractivity contribution in [3.8, 4) is 0 Å². The first-order valence-electron chi connectivity index (χ1n) is 13.9. The summed E-state index contributed by atoms with van der Waals surface area (Å²) in [5.41, 5.74) is 3.30. The molecule has 2 aromatic rings. The van der Waals surface area contributed by atoms with Gasteiger partial charge in [0.15, 0.2) is 6.29 Å². The van der Waals surface area contributed by atoms with Crippen LogP contribution in [0.5, 0.6) is 0 Å². The van der Waals surface area contributed by atoms with E-state index >= 15 is 0 Å². The second kappa shape index (κ2) is 14.4. The summed E-state index contributed by atoms with van der Waals surface area (Å²) in [7, 11) is 0. The van der Waals surface area contributed by atoms with E-state index in [9.17, 15) is 14.7 Å². The summed E-state index contributed by atoms with van der Waals surface area (Å²) >= 11 is 0. The number of amides is 1. The molecular formula is C31H40N2O6. The molecule has 0 spiro atoms. The van der Waals surface area contributed by atoms with E-state index in [0.29, 0.717) is 18.2 Å². The van der Waals surface area contributed by atoms with Crippen LogP contribution in [0.4, 0.5) is 5.69 Å². The number of benzene rings is 2. The van der Waals surface area contributed by atoms with Crippen molar-refractivity contribution in [1.29, 1.82) is 0 Å². The van der Waals surface area contributed by atoms with Crippen LogP contribution in [0.1, 0.15) is 80.5 Å². The highest BCUT2D eigenvalue weighted by Gasteiger charge is 2.34. The Morgan fingerprint density at radius 1 is 1.05 bits per heavy atom. The summed E-state index contributed by atoms with van der Waals surface area (Å²) in [5, 5.41) is 21.1. The zero-order valence-electron chi connectivity index (χ0n) is 22.5. The number of carbonyl (C=O) groups excluding carboxylic acids is 1.